The number of amides is 2. The molecule has 1 aliphatic carbocycles. The van der Waals surface area contributed by atoms with Gasteiger partial charge in [-0.1, -0.05) is 35.9 Å². The van der Waals surface area contributed by atoms with Gasteiger partial charge < -0.3 is 9.52 Å². The summed E-state index contributed by atoms with van der Waals surface area (Å²) >= 11 is 7.85. The fraction of sp³-hybridized carbons (Fsp3) is 0.270. The summed E-state index contributed by atoms with van der Waals surface area (Å²) in [7, 11) is 1.70. The number of allylic oxidation sites excluding steroid dienone is 2. The monoisotopic (exact) mass is 722 g/mol. The van der Waals surface area contributed by atoms with Crippen molar-refractivity contribution < 1.29 is 19.1 Å². The lowest BCUT2D eigenvalue weighted by molar-refractivity contribution is -0.129. The number of aliphatic hydroxyl groups excluding tert-OH is 1. The smallest absolute Gasteiger partial charge is 0.352 e. The van der Waals surface area contributed by atoms with E-state index in [-0.39, 0.29) is 19.6 Å². The molecule has 0 spiro atoms. The Bertz CT molecular complexity index is 2610. The van der Waals surface area contributed by atoms with Crippen molar-refractivity contribution in [1.29, 1.82) is 0 Å². The molecule has 0 radical (unpaired) electrons. The van der Waals surface area contributed by atoms with Crippen LogP contribution in [0.1, 0.15) is 42.4 Å². The second kappa shape index (κ2) is 11.1. The Morgan fingerprint density at radius 3 is 2.57 bits per heavy atom. The van der Waals surface area contributed by atoms with Crippen molar-refractivity contribution in [3.8, 4) is 16.3 Å². The van der Waals surface area contributed by atoms with E-state index in [1.165, 1.54) is 14.3 Å². The number of carbonyl (C=O) groups excluding carboxylic acids is 2. The molecule has 14 heteroatoms. The molecule has 2 aliphatic heterocycles. The predicted molar refractivity (Wildman–Crippen MR) is 191 cm³/mol. The number of thiophene rings is 1. The molecule has 6 heterocycles. The van der Waals surface area contributed by atoms with Gasteiger partial charge in [-0.15, -0.1) is 11.3 Å². The first kappa shape index (κ1) is 31.7. The zero-order valence-electron chi connectivity index (χ0n) is 27.7. The average molecular weight is 723 g/mol. The number of benzene rings is 2. The molecule has 4 atom stereocenters. The van der Waals surface area contributed by atoms with Crippen LogP contribution in [0.5, 0.6) is 0 Å². The maximum Gasteiger partial charge on any atom is 0.352 e. The fourth-order valence-electron chi connectivity index (χ4n) is 8.44. The lowest BCUT2D eigenvalue weighted by Crippen LogP contribution is -2.49. The SMILES string of the molecule is Cc1c(-c2cc(N3C(=O)[C@@H]4C[C@@H]5C(=CCn6c(=O)n(-c7ccccc7)c(=O)n65)[C@H](c5ccc(CO)o5)[C@]4(C)C3=O)n(C)n2)sc2ccc(Cl)cc12. The zero-order chi connectivity index (χ0) is 35.5. The molecule has 9 rings (SSSR count). The molecule has 6 aromatic rings. The number of nitrogens with zero attached hydrogens (tertiary/aromatic N) is 6. The van der Waals surface area contributed by atoms with Crippen LogP contribution < -0.4 is 16.3 Å². The van der Waals surface area contributed by atoms with Gasteiger partial charge in [-0.25, -0.2) is 28.4 Å². The van der Waals surface area contributed by atoms with E-state index in [0.29, 0.717) is 39.3 Å². The summed E-state index contributed by atoms with van der Waals surface area (Å²) in [6.45, 7) is 3.50. The van der Waals surface area contributed by atoms with Crippen LogP contribution in [0.15, 0.2) is 92.4 Å². The van der Waals surface area contributed by atoms with Gasteiger partial charge in [0.15, 0.2) is 0 Å². The Kier molecular flexibility index (Phi) is 6.92. The summed E-state index contributed by atoms with van der Waals surface area (Å²) in [4.78, 5) is 59.5. The number of aryl methyl sites for hydroxylation is 2. The molecule has 0 bridgehead atoms. The van der Waals surface area contributed by atoms with Crippen LogP contribution in [-0.2, 0) is 29.8 Å². The highest BCUT2D eigenvalue weighted by atomic mass is 35.5. The number of carbonyl (C=O) groups is 2. The van der Waals surface area contributed by atoms with Gasteiger partial charge in [0.2, 0.25) is 11.8 Å². The lowest BCUT2D eigenvalue weighted by Gasteiger charge is -2.45. The third-order valence-corrected chi connectivity index (χ3v) is 12.4. The third kappa shape index (κ3) is 4.31. The number of anilines is 1. The van der Waals surface area contributed by atoms with Gasteiger partial charge in [-0.05, 0) is 79.3 Å². The number of halogens is 1. The number of hydrogen-bond acceptors (Lipinski definition) is 8. The minimum atomic E-state index is -1.33. The standard InChI is InChI=1S/C37H31ClN6O6S/c1-19-24-15-20(38)9-12-29(24)51-32(19)26-17-30(40(3)39-26)43-33(46)25-16-27-23(31(37(25,2)34(43)47)28-11-10-22(18-45)50-28)13-14-41-35(48)42(36(49)44(27)41)21-7-5-4-6-8-21/h4-13,15,17,25,27,31,45H,14,16,18H2,1-3H3/t25-,27+,31+,37+/m0/s1. The molecule has 2 aromatic carbocycles. The van der Waals surface area contributed by atoms with Crippen LogP contribution in [0.2, 0.25) is 5.02 Å². The summed E-state index contributed by atoms with van der Waals surface area (Å²) in [5.41, 5.74) is 0.386. The number of imide groups is 1. The fourth-order valence-corrected chi connectivity index (χ4v) is 9.76. The van der Waals surface area contributed by atoms with E-state index >= 15 is 0 Å². The highest BCUT2D eigenvalue weighted by Crippen LogP contribution is 2.61. The number of para-hydroxylation sites is 1. The Hall–Kier alpha value is -5.24. The van der Waals surface area contributed by atoms with Crippen molar-refractivity contribution in [1.82, 2.24) is 23.7 Å². The maximum atomic E-state index is 14.9. The Morgan fingerprint density at radius 1 is 1.04 bits per heavy atom. The lowest BCUT2D eigenvalue weighted by atomic mass is 9.58. The van der Waals surface area contributed by atoms with Gasteiger partial charge in [-0.2, -0.15) is 5.10 Å². The normalized spacial score (nSPS) is 22.7. The van der Waals surface area contributed by atoms with Crippen LogP contribution >= 0.6 is 22.9 Å². The van der Waals surface area contributed by atoms with Gasteiger partial charge in [0.05, 0.1) is 40.4 Å². The topological polar surface area (TPSA) is 138 Å². The van der Waals surface area contributed by atoms with E-state index in [1.54, 1.807) is 78.5 Å². The Morgan fingerprint density at radius 2 is 1.82 bits per heavy atom. The molecule has 1 N–H and O–H groups in total. The molecule has 1 saturated carbocycles. The third-order valence-electron chi connectivity index (χ3n) is 10.9. The molecule has 1 saturated heterocycles. The van der Waals surface area contributed by atoms with Crippen molar-refractivity contribution in [3.63, 3.8) is 0 Å². The molecular weight excluding hydrogens is 692 g/mol. The van der Waals surface area contributed by atoms with E-state index in [4.69, 9.17) is 21.1 Å². The van der Waals surface area contributed by atoms with Crippen LogP contribution in [0.3, 0.4) is 0 Å². The second-order valence-corrected chi connectivity index (χ2v) is 15.0. The average Bonchev–Trinajstić information content (AvgIpc) is 3.92. The summed E-state index contributed by atoms with van der Waals surface area (Å²) in [6, 6.07) is 18.8. The van der Waals surface area contributed by atoms with Gasteiger partial charge in [-0.3, -0.25) is 14.3 Å². The molecule has 4 aromatic heterocycles. The molecule has 0 unspecified atom stereocenters. The first-order valence-electron chi connectivity index (χ1n) is 16.5. The van der Waals surface area contributed by atoms with E-state index < -0.39 is 46.5 Å². The zero-order valence-corrected chi connectivity index (χ0v) is 29.3. The van der Waals surface area contributed by atoms with E-state index in [2.05, 4.69) is 0 Å². The van der Waals surface area contributed by atoms with Gasteiger partial charge in [0.25, 0.3) is 0 Å². The number of aromatic nitrogens is 5. The van der Waals surface area contributed by atoms with Crippen LogP contribution in [0.25, 0.3) is 26.3 Å². The maximum absolute atomic E-state index is 14.9. The predicted octanol–water partition coefficient (Wildman–Crippen LogP) is 5.33. The largest absolute Gasteiger partial charge is 0.463 e. The summed E-state index contributed by atoms with van der Waals surface area (Å²) in [5.74, 6) is -1.50. The van der Waals surface area contributed by atoms with Crippen LogP contribution in [0.4, 0.5) is 5.82 Å². The molecular formula is C37H31ClN6O6S. The van der Waals surface area contributed by atoms with Gasteiger partial charge >= 0.3 is 11.4 Å². The molecule has 2 fully saturated rings. The van der Waals surface area contributed by atoms with Crippen molar-refractivity contribution in [2.75, 3.05) is 4.90 Å². The highest BCUT2D eigenvalue weighted by molar-refractivity contribution is 7.22. The number of rotatable bonds is 5. The van der Waals surface area contributed by atoms with E-state index in [1.807, 2.05) is 31.2 Å². The number of hydrogen-bond donors (Lipinski definition) is 1. The first-order valence-corrected chi connectivity index (χ1v) is 17.7. The van der Waals surface area contributed by atoms with Crippen molar-refractivity contribution in [2.24, 2.45) is 18.4 Å². The highest BCUT2D eigenvalue weighted by Gasteiger charge is 2.66. The molecule has 3 aliphatic rings. The summed E-state index contributed by atoms with van der Waals surface area (Å²) < 4.78 is 12.6. The molecule has 2 amide bonds. The second-order valence-electron chi connectivity index (χ2n) is 13.5. The quantitative estimate of drug-likeness (QED) is 0.188. The van der Waals surface area contributed by atoms with Crippen molar-refractivity contribution in [2.45, 2.75) is 45.4 Å². The minimum Gasteiger partial charge on any atom is -0.463 e. The summed E-state index contributed by atoms with van der Waals surface area (Å²) in [6.07, 6.45) is 1.97. The number of furan rings is 1. The Labute approximate surface area is 299 Å². The van der Waals surface area contributed by atoms with E-state index in [9.17, 15) is 24.3 Å². The number of fused-ring (bicyclic) bond motifs is 5. The number of aliphatic hydroxyl groups is 1. The van der Waals surface area contributed by atoms with Crippen molar-refractivity contribution in [3.05, 3.63) is 121 Å². The van der Waals surface area contributed by atoms with Gasteiger partial charge in [0, 0.05) is 22.8 Å². The summed E-state index contributed by atoms with van der Waals surface area (Å²) in [5, 5.41) is 16.3. The molecule has 51 heavy (non-hydrogen) atoms. The van der Waals surface area contributed by atoms with Crippen molar-refractivity contribution >= 4 is 50.7 Å². The Balaban J connectivity index is 1.18. The first-order chi connectivity index (χ1) is 24.5. The van der Waals surface area contributed by atoms with E-state index in [0.717, 1.165) is 25.1 Å². The molecule has 258 valence electrons. The van der Waals surface area contributed by atoms with Crippen LogP contribution in [0, 0.1) is 18.3 Å². The van der Waals surface area contributed by atoms with Crippen LogP contribution in [-0.4, -0.2) is 40.6 Å². The van der Waals surface area contributed by atoms with Gasteiger partial charge in [0.1, 0.15) is 29.6 Å². The molecule has 12 nitrogen and oxygen atoms in total. The minimum absolute atomic E-state index is 0.0845.